The number of anilines is 1. The normalized spacial score (nSPS) is 18.0. The van der Waals surface area contributed by atoms with Crippen LogP contribution in [0, 0.1) is 0 Å². The Morgan fingerprint density at radius 3 is 2.42 bits per heavy atom. The smallest absolute Gasteiger partial charge is 0.247 e. The Labute approximate surface area is 152 Å². The van der Waals surface area contributed by atoms with Gasteiger partial charge in [-0.1, -0.05) is 12.1 Å². The number of nitrogens with one attached hydrogen (secondary N) is 1. The molecule has 10 heteroatoms. The van der Waals surface area contributed by atoms with Crippen LogP contribution in [0.25, 0.3) is 0 Å². The molecule has 26 heavy (non-hydrogen) atoms. The van der Waals surface area contributed by atoms with Crippen LogP contribution in [0.4, 0.5) is 5.69 Å². The molecule has 0 radical (unpaired) electrons. The minimum Gasteiger partial charge on any atom is -0.467 e. The highest BCUT2D eigenvalue weighted by atomic mass is 32.2. The molecule has 140 valence electrons. The van der Waals surface area contributed by atoms with Crippen LogP contribution >= 0.6 is 0 Å². The first-order valence-corrected chi connectivity index (χ1v) is 11.4. The van der Waals surface area contributed by atoms with Gasteiger partial charge >= 0.3 is 0 Å². The number of rotatable bonds is 6. The number of hydrogen-bond acceptors (Lipinski definition) is 6. The molecule has 1 unspecified atom stereocenters. The molecule has 0 bridgehead atoms. The summed E-state index contributed by atoms with van der Waals surface area (Å²) in [6.07, 6.45) is 2.95. The minimum atomic E-state index is -3.56. The summed E-state index contributed by atoms with van der Waals surface area (Å²) in [4.78, 5) is 0. The maximum Gasteiger partial charge on any atom is 0.247 e. The zero-order valence-corrected chi connectivity index (χ0v) is 15.9. The molecule has 0 fully saturated rings. The van der Waals surface area contributed by atoms with E-state index in [0.29, 0.717) is 29.1 Å². The Bertz CT molecular complexity index is 1010. The predicted octanol–water partition coefficient (Wildman–Crippen LogP) is 2.15. The van der Waals surface area contributed by atoms with Crippen LogP contribution < -0.4 is 4.72 Å². The Morgan fingerprint density at radius 2 is 1.88 bits per heavy atom. The van der Waals surface area contributed by atoms with Gasteiger partial charge < -0.3 is 4.42 Å². The average Bonchev–Trinajstić information content (AvgIpc) is 3.24. The maximum absolute atomic E-state index is 12.1. The summed E-state index contributed by atoms with van der Waals surface area (Å²) in [5.41, 5.74) is 1.74. The molecular formula is C16H19N3O5S2. The van der Waals surface area contributed by atoms with E-state index < -0.39 is 26.1 Å². The van der Waals surface area contributed by atoms with Gasteiger partial charge in [0.25, 0.3) is 0 Å². The number of hydrogen-bond donors (Lipinski definition) is 1. The van der Waals surface area contributed by atoms with Crippen molar-refractivity contribution in [3.05, 3.63) is 54.0 Å². The molecule has 0 aliphatic carbocycles. The number of nitrogens with zero attached hydrogens (tertiary/aromatic N) is 2. The summed E-state index contributed by atoms with van der Waals surface area (Å²) in [6.45, 7) is 1.55. The number of furan rings is 1. The second kappa shape index (κ2) is 6.76. The van der Waals surface area contributed by atoms with E-state index in [-0.39, 0.29) is 5.75 Å². The number of hydrazone groups is 1. The van der Waals surface area contributed by atoms with E-state index in [1.54, 1.807) is 43.3 Å². The molecule has 0 amide bonds. The summed E-state index contributed by atoms with van der Waals surface area (Å²) in [5.74, 6) is 0.497. The van der Waals surface area contributed by atoms with Crippen molar-refractivity contribution in [2.75, 3.05) is 16.7 Å². The van der Waals surface area contributed by atoms with Crippen LogP contribution in [0.3, 0.4) is 0 Å². The van der Waals surface area contributed by atoms with E-state index in [1.165, 1.54) is 6.26 Å². The third-order valence-corrected chi connectivity index (χ3v) is 6.28. The fourth-order valence-corrected chi connectivity index (χ4v) is 4.17. The molecule has 0 saturated heterocycles. The van der Waals surface area contributed by atoms with Gasteiger partial charge in [-0.05, 0) is 36.8 Å². The Hall–Kier alpha value is -2.33. The maximum atomic E-state index is 12.1. The van der Waals surface area contributed by atoms with Gasteiger partial charge in [0.15, 0.2) is 0 Å². The van der Waals surface area contributed by atoms with Gasteiger partial charge in [-0.2, -0.15) is 9.52 Å². The van der Waals surface area contributed by atoms with Crippen molar-refractivity contribution in [1.82, 2.24) is 4.41 Å². The van der Waals surface area contributed by atoms with Crippen LogP contribution in [0.1, 0.15) is 30.7 Å². The molecule has 1 aliphatic heterocycles. The van der Waals surface area contributed by atoms with E-state index in [1.807, 2.05) is 0 Å². The molecule has 1 N–H and O–H groups in total. The first-order chi connectivity index (χ1) is 12.2. The van der Waals surface area contributed by atoms with E-state index in [4.69, 9.17) is 4.42 Å². The van der Waals surface area contributed by atoms with Gasteiger partial charge in [0, 0.05) is 12.1 Å². The summed E-state index contributed by atoms with van der Waals surface area (Å²) in [5, 5.41) is 4.25. The molecule has 1 aromatic heterocycles. The highest BCUT2D eigenvalue weighted by molar-refractivity contribution is 7.92. The van der Waals surface area contributed by atoms with Crippen LogP contribution in [0.2, 0.25) is 0 Å². The Morgan fingerprint density at radius 1 is 1.19 bits per heavy atom. The molecule has 3 rings (SSSR count). The molecule has 0 saturated carbocycles. The van der Waals surface area contributed by atoms with Gasteiger partial charge in [0.1, 0.15) is 11.8 Å². The van der Waals surface area contributed by atoms with Crippen molar-refractivity contribution in [2.45, 2.75) is 19.4 Å². The second-order valence-electron chi connectivity index (χ2n) is 5.90. The Balaban J connectivity index is 1.87. The van der Waals surface area contributed by atoms with Gasteiger partial charge in [-0.15, -0.1) is 0 Å². The van der Waals surface area contributed by atoms with E-state index in [2.05, 4.69) is 9.82 Å². The standard InChI is InChI=1S/C16H19N3O5S2/c1-3-26(22,23)18-13-8-6-12(7-9-13)14-11-15(16-5-4-10-24-16)19(17-14)25(2,20)21/h4-10,15,18H,3,11H2,1-2H3. The molecule has 0 spiro atoms. The fourth-order valence-electron chi connectivity index (χ4n) is 2.64. The van der Waals surface area contributed by atoms with Crippen LogP contribution in [0.15, 0.2) is 52.2 Å². The molecular weight excluding hydrogens is 378 g/mol. The third kappa shape index (κ3) is 3.91. The van der Waals surface area contributed by atoms with Crippen LogP contribution in [0.5, 0.6) is 0 Å². The summed E-state index contributed by atoms with van der Waals surface area (Å²) in [7, 11) is -6.91. The van der Waals surface area contributed by atoms with E-state index in [9.17, 15) is 16.8 Å². The lowest BCUT2D eigenvalue weighted by Gasteiger charge is -2.18. The van der Waals surface area contributed by atoms with Crippen LogP contribution in [-0.2, 0) is 20.0 Å². The SMILES string of the molecule is CCS(=O)(=O)Nc1ccc(C2=NN(S(C)(=O)=O)C(c3ccco3)C2)cc1. The molecule has 2 aromatic rings. The molecule has 1 aliphatic rings. The van der Waals surface area contributed by atoms with Crippen molar-refractivity contribution in [3.8, 4) is 0 Å². The highest BCUT2D eigenvalue weighted by Crippen LogP contribution is 2.34. The molecule has 1 aromatic carbocycles. The number of benzene rings is 1. The van der Waals surface area contributed by atoms with Crippen molar-refractivity contribution in [2.24, 2.45) is 5.10 Å². The third-order valence-electron chi connectivity index (χ3n) is 3.96. The van der Waals surface area contributed by atoms with E-state index in [0.717, 1.165) is 10.7 Å². The first kappa shape index (κ1) is 18.5. The molecule has 1 atom stereocenters. The van der Waals surface area contributed by atoms with Crippen molar-refractivity contribution >= 4 is 31.4 Å². The predicted molar refractivity (Wildman–Crippen MR) is 98.8 cm³/mol. The topological polar surface area (TPSA) is 109 Å². The van der Waals surface area contributed by atoms with Gasteiger partial charge in [-0.25, -0.2) is 16.8 Å². The lowest BCUT2D eigenvalue weighted by Crippen LogP contribution is -2.25. The second-order valence-corrected chi connectivity index (χ2v) is 9.75. The van der Waals surface area contributed by atoms with Gasteiger partial charge in [-0.3, -0.25) is 4.72 Å². The molecule has 2 heterocycles. The highest BCUT2D eigenvalue weighted by Gasteiger charge is 2.36. The minimum absolute atomic E-state index is 0.0182. The summed E-state index contributed by atoms with van der Waals surface area (Å²) in [6, 6.07) is 9.53. The van der Waals surface area contributed by atoms with Crippen LogP contribution in [-0.4, -0.2) is 39.0 Å². The molecule has 8 nitrogen and oxygen atoms in total. The lowest BCUT2D eigenvalue weighted by molar-refractivity contribution is 0.322. The summed E-state index contributed by atoms with van der Waals surface area (Å²) < 4.78 is 56.2. The number of sulfonamides is 2. The van der Waals surface area contributed by atoms with Crippen molar-refractivity contribution in [1.29, 1.82) is 0 Å². The first-order valence-electron chi connectivity index (χ1n) is 7.91. The summed E-state index contributed by atoms with van der Waals surface area (Å²) >= 11 is 0. The fraction of sp³-hybridized carbons (Fsp3) is 0.312. The Kier molecular flexibility index (Phi) is 4.80. The quantitative estimate of drug-likeness (QED) is 0.803. The largest absolute Gasteiger partial charge is 0.467 e. The zero-order valence-electron chi connectivity index (χ0n) is 14.3. The van der Waals surface area contributed by atoms with E-state index >= 15 is 0 Å². The average molecular weight is 397 g/mol. The van der Waals surface area contributed by atoms with Gasteiger partial charge in [0.05, 0.1) is 24.0 Å². The lowest BCUT2D eigenvalue weighted by atomic mass is 10.0. The zero-order chi connectivity index (χ0) is 18.9. The van der Waals surface area contributed by atoms with Crippen molar-refractivity contribution < 1.29 is 21.3 Å². The van der Waals surface area contributed by atoms with Gasteiger partial charge in [0.2, 0.25) is 20.0 Å². The van der Waals surface area contributed by atoms with Crippen molar-refractivity contribution in [3.63, 3.8) is 0 Å². The monoisotopic (exact) mass is 397 g/mol.